The highest BCUT2D eigenvalue weighted by atomic mass is 16.5. The molecule has 4 N–H and O–H groups in total. The Morgan fingerprint density at radius 1 is 1.56 bits per heavy atom. The van der Waals surface area contributed by atoms with Gasteiger partial charge in [-0.1, -0.05) is 13.3 Å². The molecule has 5 heteroatoms. The van der Waals surface area contributed by atoms with E-state index in [4.69, 9.17) is 10.5 Å². The van der Waals surface area contributed by atoms with Crippen LogP contribution in [0.1, 0.15) is 19.8 Å². The van der Waals surface area contributed by atoms with Crippen LogP contribution in [-0.4, -0.2) is 24.7 Å². The van der Waals surface area contributed by atoms with Gasteiger partial charge in [-0.05, 0) is 24.6 Å². The van der Waals surface area contributed by atoms with Gasteiger partial charge in [-0.3, -0.25) is 4.79 Å². The number of carbonyl (C=O) groups is 1. The molecule has 5 nitrogen and oxygen atoms in total. The molecule has 0 aliphatic carbocycles. The number of nitrogens with two attached hydrogens (primary N) is 1. The van der Waals surface area contributed by atoms with Crippen molar-refractivity contribution in [3.8, 4) is 11.5 Å². The summed E-state index contributed by atoms with van der Waals surface area (Å²) in [7, 11) is 1.53. The summed E-state index contributed by atoms with van der Waals surface area (Å²) in [6.45, 7) is 2.47. The van der Waals surface area contributed by atoms with Gasteiger partial charge in [-0.2, -0.15) is 0 Å². The van der Waals surface area contributed by atoms with Gasteiger partial charge in [0.1, 0.15) is 11.5 Å². The Morgan fingerprint density at radius 2 is 2.28 bits per heavy atom. The fourth-order valence-corrected chi connectivity index (χ4v) is 1.60. The predicted octanol–water partition coefficient (Wildman–Crippen LogP) is 1.71. The van der Waals surface area contributed by atoms with E-state index in [1.165, 1.54) is 13.2 Å². The van der Waals surface area contributed by atoms with Crippen molar-refractivity contribution in [1.82, 2.24) is 0 Å². The SMILES string of the molecule is CCC(CN)CC(=O)Nc1cc(OC)ccc1O. The molecule has 0 aliphatic rings. The molecule has 0 saturated carbocycles. The molecule has 0 fully saturated rings. The number of methoxy groups -OCH3 is 1. The van der Waals surface area contributed by atoms with Crippen molar-refractivity contribution in [2.75, 3.05) is 19.0 Å². The number of benzene rings is 1. The van der Waals surface area contributed by atoms with E-state index in [-0.39, 0.29) is 17.6 Å². The Bertz CT molecular complexity index is 403. The lowest BCUT2D eigenvalue weighted by molar-refractivity contribution is -0.117. The molecule has 1 rings (SSSR count). The van der Waals surface area contributed by atoms with Gasteiger partial charge in [-0.25, -0.2) is 0 Å². The maximum absolute atomic E-state index is 11.8. The van der Waals surface area contributed by atoms with Gasteiger partial charge in [0.25, 0.3) is 0 Å². The third kappa shape index (κ3) is 3.92. The van der Waals surface area contributed by atoms with Crippen molar-refractivity contribution < 1.29 is 14.6 Å². The number of carbonyl (C=O) groups excluding carboxylic acids is 1. The van der Waals surface area contributed by atoms with Crippen molar-refractivity contribution in [3.63, 3.8) is 0 Å². The van der Waals surface area contributed by atoms with Crippen molar-refractivity contribution in [3.05, 3.63) is 18.2 Å². The molecule has 0 aromatic heterocycles. The molecule has 0 spiro atoms. The largest absolute Gasteiger partial charge is 0.506 e. The van der Waals surface area contributed by atoms with Gasteiger partial charge in [0.2, 0.25) is 5.91 Å². The molecule has 0 heterocycles. The molecule has 0 saturated heterocycles. The highest BCUT2D eigenvalue weighted by molar-refractivity contribution is 5.92. The third-order valence-corrected chi connectivity index (χ3v) is 2.86. The van der Waals surface area contributed by atoms with Crippen LogP contribution in [0.5, 0.6) is 11.5 Å². The Hall–Kier alpha value is -1.75. The van der Waals surface area contributed by atoms with Crippen LogP contribution in [0, 0.1) is 5.92 Å². The summed E-state index contributed by atoms with van der Waals surface area (Å²) < 4.78 is 5.03. The molecule has 1 unspecified atom stereocenters. The van der Waals surface area contributed by atoms with Crippen LogP contribution in [0.15, 0.2) is 18.2 Å². The van der Waals surface area contributed by atoms with Crippen LogP contribution in [-0.2, 0) is 4.79 Å². The van der Waals surface area contributed by atoms with E-state index >= 15 is 0 Å². The number of rotatable bonds is 6. The lowest BCUT2D eigenvalue weighted by atomic mass is 10.0. The lowest BCUT2D eigenvalue weighted by Crippen LogP contribution is -2.21. The predicted molar refractivity (Wildman–Crippen MR) is 70.7 cm³/mol. The number of anilines is 1. The molecule has 18 heavy (non-hydrogen) atoms. The number of hydrogen-bond donors (Lipinski definition) is 3. The molecule has 1 aromatic carbocycles. The van der Waals surface area contributed by atoms with Gasteiger partial charge < -0.3 is 20.9 Å². The second kappa shape index (κ2) is 6.86. The first-order valence-electron chi connectivity index (χ1n) is 5.97. The van der Waals surface area contributed by atoms with E-state index in [9.17, 15) is 9.90 Å². The number of phenols is 1. The van der Waals surface area contributed by atoms with Gasteiger partial charge >= 0.3 is 0 Å². The van der Waals surface area contributed by atoms with Crippen LogP contribution >= 0.6 is 0 Å². The molecule has 1 atom stereocenters. The molecule has 0 aliphatic heterocycles. The van der Waals surface area contributed by atoms with Gasteiger partial charge in [0.05, 0.1) is 12.8 Å². The first-order chi connectivity index (χ1) is 8.60. The van der Waals surface area contributed by atoms with Gasteiger partial charge in [-0.15, -0.1) is 0 Å². The van der Waals surface area contributed by atoms with Crippen molar-refractivity contribution >= 4 is 11.6 Å². The lowest BCUT2D eigenvalue weighted by Gasteiger charge is -2.13. The number of amides is 1. The monoisotopic (exact) mass is 252 g/mol. The highest BCUT2D eigenvalue weighted by Crippen LogP contribution is 2.28. The van der Waals surface area contributed by atoms with Crippen LogP contribution in [0.4, 0.5) is 5.69 Å². The maximum Gasteiger partial charge on any atom is 0.224 e. The van der Waals surface area contributed by atoms with E-state index in [2.05, 4.69) is 5.32 Å². The number of ether oxygens (including phenoxy) is 1. The minimum Gasteiger partial charge on any atom is -0.506 e. The summed E-state index contributed by atoms with van der Waals surface area (Å²) in [5, 5.41) is 12.3. The van der Waals surface area contributed by atoms with Crippen molar-refractivity contribution in [2.45, 2.75) is 19.8 Å². The zero-order valence-electron chi connectivity index (χ0n) is 10.8. The van der Waals surface area contributed by atoms with Gasteiger partial charge in [0.15, 0.2) is 0 Å². The summed E-state index contributed by atoms with van der Waals surface area (Å²) in [6, 6.07) is 4.69. The molecular formula is C13H20N2O3. The average molecular weight is 252 g/mol. The number of nitrogens with one attached hydrogen (secondary N) is 1. The first-order valence-corrected chi connectivity index (χ1v) is 5.97. The van der Waals surface area contributed by atoms with Crippen LogP contribution in [0.25, 0.3) is 0 Å². The van der Waals surface area contributed by atoms with E-state index < -0.39 is 0 Å². The standard InChI is InChI=1S/C13H20N2O3/c1-3-9(8-14)6-13(17)15-11-7-10(18-2)4-5-12(11)16/h4-5,7,9,16H,3,6,8,14H2,1-2H3,(H,15,17). The quantitative estimate of drug-likeness (QED) is 0.673. The number of phenolic OH excluding ortho intramolecular Hbond substituents is 1. The summed E-state index contributed by atoms with van der Waals surface area (Å²) in [6.07, 6.45) is 1.21. The minimum absolute atomic E-state index is 0.0185. The second-order valence-electron chi connectivity index (χ2n) is 4.15. The maximum atomic E-state index is 11.8. The zero-order chi connectivity index (χ0) is 13.5. The normalized spacial score (nSPS) is 11.9. The fraction of sp³-hybridized carbons (Fsp3) is 0.462. The topological polar surface area (TPSA) is 84.6 Å². The molecule has 1 amide bonds. The third-order valence-electron chi connectivity index (χ3n) is 2.86. The number of hydrogen-bond acceptors (Lipinski definition) is 4. The highest BCUT2D eigenvalue weighted by Gasteiger charge is 2.12. The average Bonchev–Trinajstić information content (AvgIpc) is 2.38. The van der Waals surface area contributed by atoms with E-state index in [0.717, 1.165) is 6.42 Å². The summed E-state index contributed by atoms with van der Waals surface area (Å²) in [4.78, 5) is 11.8. The molecule has 0 radical (unpaired) electrons. The Labute approximate surface area is 107 Å². The summed E-state index contributed by atoms with van der Waals surface area (Å²) in [5.74, 6) is 0.604. The van der Waals surface area contributed by atoms with E-state index in [0.29, 0.717) is 24.4 Å². The Kier molecular flexibility index (Phi) is 5.45. The summed E-state index contributed by atoms with van der Waals surface area (Å²) in [5.41, 5.74) is 5.90. The van der Waals surface area contributed by atoms with Crippen molar-refractivity contribution in [2.24, 2.45) is 11.7 Å². The van der Waals surface area contributed by atoms with Gasteiger partial charge in [0, 0.05) is 12.5 Å². The first kappa shape index (κ1) is 14.3. The molecular weight excluding hydrogens is 232 g/mol. The molecule has 0 bridgehead atoms. The number of aromatic hydroxyl groups is 1. The second-order valence-corrected chi connectivity index (χ2v) is 4.15. The van der Waals surface area contributed by atoms with Crippen LogP contribution in [0.2, 0.25) is 0 Å². The van der Waals surface area contributed by atoms with E-state index in [1.807, 2.05) is 6.92 Å². The van der Waals surface area contributed by atoms with Crippen molar-refractivity contribution in [1.29, 1.82) is 0 Å². The van der Waals surface area contributed by atoms with E-state index in [1.54, 1.807) is 12.1 Å². The Balaban J connectivity index is 2.69. The molecule has 100 valence electrons. The fourth-order valence-electron chi connectivity index (χ4n) is 1.60. The molecule has 1 aromatic rings. The summed E-state index contributed by atoms with van der Waals surface area (Å²) >= 11 is 0. The minimum atomic E-state index is -0.157. The van der Waals surface area contributed by atoms with Crippen LogP contribution in [0.3, 0.4) is 0 Å². The smallest absolute Gasteiger partial charge is 0.224 e. The Morgan fingerprint density at radius 3 is 2.83 bits per heavy atom. The van der Waals surface area contributed by atoms with Crippen LogP contribution < -0.4 is 15.8 Å². The zero-order valence-corrected chi connectivity index (χ0v) is 10.8.